The molecule has 160 valence electrons. The summed E-state index contributed by atoms with van der Waals surface area (Å²) in [6, 6.07) is 3.24. The van der Waals surface area contributed by atoms with Crippen molar-refractivity contribution >= 4 is 17.5 Å². The molecule has 0 radical (unpaired) electrons. The van der Waals surface area contributed by atoms with E-state index < -0.39 is 48.7 Å². The van der Waals surface area contributed by atoms with Crippen LogP contribution in [-0.4, -0.2) is 67.9 Å². The number of carbonyl (C=O) groups excluding carboxylic acids is 1. The van der Waals surface area contributed by atoms with Crippen LogP contribution in [0.15, 0.2) is 18.5 Å². The van der Waals surface area contributed by atoms with Gasteiger partial charge >= 0.3 is 6.16 Å². The van der Waals surface area contributed by atoms with Crippen molar-refractivity contribution in [1.29, 1.82) is 0 Å². The Bertz CT molecular complexity index is 907. The predicted molar refractivity (Wildman–Crippen MR) is 94.2 cm³/mol. The normalized spacial score (nSPS) is 27.5. The third kappa shape index (κ3) is 3.70. The lowest BCUT2D eigenvalue weighted by Gasteiger charge is -2.27. The summed E-state index contributed by atoms with van der Waals surface area (Å²) >= 11 is 0. The van der Waals surface area contributed by atoms with Crippen LogP contribution in [-0.2, 0) is 19.8 Å². The number of alkyl halides is 2. The summed E-state index contributed by atoms with van der Waals surface area (Å²) in [5.74, 6) is 0.215. The van der Waals surface area contributed by atoms with Crippen LogP contribution in [0.5, 0.6) is 0 Å². The van der Waals surface area contributed by atoms with Crippen molar-refractivity contribution in [3.63, 3.8) is 0 Å². The fourth-order valence-electron chi connectivity index (χ4n) is 3.10. The van der Waals surface area contributed by atoms with Gasteiger partial charge in [-0.05, 0) is 32.9 Å². The van der Waals surface area contributed by atoms with E-state index in [4.69, 9.17) is 15.2 Å². The number of anilines is 1. The third-order valence-corrected chi connectivity index (χ3v) is 4.89. The van der Waals surface area contributed by atoms with Gasteiger partial charge in [0, 0.05) is 0 Å². The largest absolute Gasteiger partial charge is 0.509 e. The highest BCUT2D eigenvalue weighted by Gasteiger charge is 2.54. The van der Waals surface area contributed by atoms with E-state index >= 15 is 0 Å². The molecule has 0 bridgehead atoms. The highest BCUT2D eigenvalue weighted by molar-refractivity contribution is 5.65. The number of carbonyl (C=O) groups is 1. The number of aliphatic hydroxyl groups is 2. The number of hydrogen-bond acceptors (Lipinski definition) is 9. The molecule has 10 nitrogen and oxygen atoms in total. The van der Waals surface area contributed by atoms with Gasteiger partial charge < -0.3 is 30.2 Å². The Morgan fingerprint density at radius 1 is 1.45 bits per heavy atom. The van der Waals surface area contributed by atoms with E-state index in [1.807, 2.05) is 0 Å². The van der Waals surface area contributed by atoms with Gasteiger partial charge in [-0.2, -0.15) is 5.10 Å². The zero-order chi connectivity index (χ0) is 21.6. The Labute approximate surface area is 164 Å². The van der Waals surface area contributed by atoms with E-state index in [1.165, 1.54) is 17.8 Å². The highest BCUT2D eigenvalue weighted by atomic mass is 19.3. The van der Waals surface area contributed by atoms with Gasteiger partial charge in [0.1, 0.15) is 42.4 Å². The smallest absolute Gasteiger partial charge is 0.431 e. The van der Waals surface area contributed by atoms with Gasteiger partial charge in [0.25, 0.3) is 6.43 Å². The average Bonchev–Trinajstić information content (AvgIpc) is 3.17. The SMILES string of the molecule is CC(C)(OC(=O)OC[C@H]1O[C@@](C)(c2ccc3c(N)ncnn23)[C@H](O)[C@@H]1O)C(F)F. The molecule has 0 spiro atoms. The molecule has 2 aromatic rings. The summed E-state index contributed by atoms with van der Waals surface area (Å²) in [7, 11) is 0. The first-order valence-electron chi connectivity index (χ1n) is 8.74. The highest BCUT2D eigenvalue weighted by Crippen LogP contribution is 2.40. The molecular weight excluding hydrogens is 394 g/mol. The molecule has 4 atom stereocenters. The standard InChI is InChI=1S/C17H22F2N4O6/c1-16(2,14(18)19)29-15(26)27-6-9-11(24)12(25)17(3,28-9)10-5-4-8-13(20)21-7-22-23(8)10/h4-5,7,9,11-12,14,24-25H,6H2,1-3H3,(H2,20,21,22)/t9-,11-,12-,17+/m1/s1. The zero-order valence-corrected chi connectivity index (χ0v) is 16.0. The molecular formula is C17H22F2N4O6. The Morgan fingerprint density at radius 3 is 2.79 bits per heavy atom. The van der Waals surface area contributed by atoms with Crippen molar-refractivity contribution in [2.45, 2.75) is 56.7 Å². The van der Waals surface area contributed by atoms with Gasteiger partial charge in [-0.3, -0.25) is 0 Å². The molecule has 4 N–H and O–H groups in total. The van der Waals surface area contributed by atoms with Gasteiger partial charge in [0.15, 0.2) is 11.4 Å². The molecule has 1 fully saturated rings. The molecule has 0 aromatic carbocycles. The summed E-state index contributed by atoms with van der Waals surface area (Å²) in [5, 5.41) is 25.0. The molecule has 0 saturated carbocycles. The minimum atomic E-state index is -2.91. The number of nitrogens with two attached hydrogens (primary N) is 1. The quantitative estimate of drug-likeness (QED) is 0.605. The van der Waals surface area contributed by atoms with Crippen molar-refractivity contribution in [3.8, 4) is 0 Å². The molecule has 29 heavy (non-hydrogen) atoms. The second kappa shape index (κ2) is 7.35. The number of nitrogen functional groups attached to an aromatic ring is 1. The first-order valence-corrected chi connectivity index (χ1v) is 8.74. The van der Waals surface area contributed by atoms with Crippen molar-refractivity contribution in [2.75, 3.05) is 12.3 Å². The van der Waals surface area contributed by atoms with Crippen LogP contribution in [0.25, 0.3) is 5.52 Å². The van der Waals surface area contributed by atoms with Gasteiger partial charge in [0.2, 0.25) is 0 Å². The second-order valence-corrected chi connectivity index (χ2v) is 7.43. The molecule has 1 saturated heterocycles. The number of fused-ring (bicyclic) bond motifs is 1. The van der Waals surface area contributed by atoms with Gasteiger partial charge in [-0.15, -0.1) is 0 Å². The van der Waals surface area contributed by atoms with Gasteiger partial charge in [0.05, 0.1) is 5.69 Å². The Kier molecular flexibility index (Phi) is 5.36. The second-order valence-electron chi connectivity index (χ2n) is 7.43. The van der Waals surface area contributed by atoms with Crippen molar-refractivity contribution in [2.24, 2.45) is 0 Å². The lowest BCUT2D eigenvalue weighted by Crippen LogP contribution is -2.40. The van der Waals surface area contributed by atoms with Crippen LogP contribution < -0.4 is 5.73 Å². The maximum atomic E-state index is 12.8. The minimum absolute atomic E-state index is 0.215. The topological polar surface area (TPSA) is 141 Å². The van der Waals surface area contributed by atoms with E-state index in [1.54, 1.807) is 12.1 Å². The predicted octanol–water partition coefficient (Wildman–Crippen LogP) is 0.844. The average molecular weight is 416 g/mol. The summed E-state index contributed by atoms with van der Waals surface area (Å²) < 4.78 is 42.2. The monoisotopic (exact) mass is 416 g/mol. The summed E-state index contributed by atoms with van der Waals surface area (Å²) in [4.78, 5) is 15.6. The minimum Gasteiger partial charge on any atom is -0.431 e. The lowest BCUT2D eigenvalue weighted by molar-refractivity contribution is -0.117. The fourth-order valence-corrected chi connectivity index (χ4v) is 3.10. The number of aliphatic hydroxyl groups excluding tert-OH is 2. The van der Waals surface area contributed by atoms with E-state index in [0.29, 0.717) is 11.2 Å². The van der Waals surface area contributed by atoms with Crippen LogP contribution in [0.4, 0.5) is 19.4 Å². The molecule has 0 aliphatic carbocycles. The van der Waals surface area contributed by atoms with Crippen molar-refractivity contribution < 1.29 is 38.0 Å². The van der Waals surface area contributed by atoms with Gasteiger partial charge in [-0.25, -0.2) is 23.1 Å². The van der Waals surface area contributed by atoms with Crippen LogP contribution in [0.2, 0.25) is 0 Å². The van der Waals surface area contributed by atoms with Crippen molar-refractivity contribution in [3.05, 3.63) is 24.2 Å². The number of ether oxygens (including phenoxy) is 3. The summed E-state index contributed by atoms with van der Waals surface area (Å²) in [5.41, 5.74) is 3.21. The van der Waals surface area contributed by atoms with E-state index in [0.717, 1.165) is 13.8 Å². The third-order valence-electron chi connectivity index (χ3n) is 4.89. The number of halogens is 2. The molecule has 0 unspecified atom stereocenters. The Morgan fingerprint density at radius 2 is 2.14 bits per heavy atom. The molecule has 12 heteroatoms. The first kappa shape index (κ1) is 21.1. The number of nitrogens with zero attached hydrogens (tertiary/aromatic N) is 3. The van der Waals surface area contributed by atoms with Crippen molar-refractivity contribution in [1.82, 2.24) is 14.6 Å². The lowest BCUT2D eigenvalue weighted by atomic mass is 9.93. The Balaban J connectivity index is 1.74. The fraction of sp³-hybridized carbons (Fsp3) is 0.588. The first-order chi connectivity index (χ1) is 13.5. The Hall–Kier alpha value is -2.57. The maximum Gasteiger partial charge on any atom is 0.509 e. The van der Waals surface area contributed by atoms with Gasteiger partial charge in [-0.1, -0.05) is 0 Å². The summed E-state index contributed by atoms with van der Waals surface area (Å²) in [6.45, 7) is 3.07. The van der Waals surface area contributed by atoms with E-state index in [2.05, 4.69) is 14.8 Å². The van der Waals surface area contributed by atoms with E-state index in [9.17, 15) is 23.8 Å². The van der Waals surface area contributed by atoms with Crippen LogP contribution in [0, 0.1) is 0 Å². The maximum absolute atomic E-state index is 12.8. The number of hydrogen-bond donors (Lipinski definition) is 3. The van der Waals surface area contributed by atoms with E-state index in [-0.39, 0.29) is 5.82 Å². The van der Waals surface area contributed by atoms with Crippen LogP contribution >= 0.6 is 0 Å². The molecule has 3 rings (SSSR count). The van der Waals surface area contributed by atoms with Crippen LogP contribution in [0.3, 0.4) is 0 Å². The summed E-state index contributed by atoms with van der Waals surface area (Å²) in [6.07, 6.45) is -7.00. The molecule has 2 aromatic heterocycles. The number of aromatic nitrogens is 3. The molecule has 1 aliphatic heterocycles. The molecule has 0 amide bonds. The van der Waals surface area contributed by atoms with Crippen LogP contribution in [0.1, 0.15) is 26.5 Å². The molecule has 1 aliphatic rings. The number of rotatable bonds is 5. The molecule has 3 heterocycles. The zero-order valence-electron chi connectivity index (χ0n) is 16.0.